The van der Waals surface area contributed by atoms with Gasteiger partial charge in [0, 0.05) is 24.6 Å². The second kappa shape index (κ2) is 5.98. The van der Waals surface area contributed by atoms with E-state index in [1.54, 1.807) is 0 Å². The average molecular weight is 276 g/mol. The van der Waals surface area contributed by atoms with Gasteiger partial charge < -0.3 is 10.6 Å². The third-order valence-corrected chi connectivity index (χ3v) is 4.20. The van der Waals surface area contributed by atoms with Crippen LogP contribution in [0.2, 0.25) is 0 Å². The van der Waals surface area contributed by atoms with Crippen molar-refractivity contribution in [1.82, 2.24) is 9.97 Å². The lowest BCUT2D eigenvalue weighted by molar-refractivity contribution is 0.349. The number of hydrogen-bond acceptors (Lipinski definition) is 4. The number of nitrogens with zero attached hydrogens (tertiary/aromatic N) is 2. The highest BCUT2D eigenvalue weighted by Crippen LogP contribution is 2.39. The molecule has 1 aromatic rings. The summed E-state index contributed by atoms with van der Waals surface area (Å²) in [6.45, 7) is 11.9. The second-order valence-electron chi connectivity index (χ2n) is 6.76. The van der Waals surface area contributed by atoms with Crippen molar-refractivity contribution in [2.24, 2.45) is 5.41 Å². The summed E-state index contributed by atoms with van der Waals surface area (Å²) in [5.74, 6) is 3.12. The minimum absolute atomic E-state index is 0.339. The van der Waals surface area contributed by atoms with Crippen LogP contribution in [0.25, 0.3) is 0 Å². The van der Waals surface area contributed by atoms with E-state index in [1.165, 1.54) is 19.3 Å². The Labute approximate surface area is 122 Å². The zero-order valence-electron chi connectivity index (χ0n) is 13.5. The molecule has 1 unspecified atom stereocenters. The van der Waals surface area contributed by atoms with E-state index in [1.807, 2.05) is 6.07 Å². The molecule has 2 rings (SSSR count). The van der Waals surface area contributed by atoms with Gasteiger partial charge in [0.05, 0.1) is 0 Å². The van der Waals surface area contributed by atoms with Gasteiger partial charge in [0.15, 0.2) is 0 Å². The van der Waals surface area contributed by atoms with Gasteiger partial charge >= 0.3 is 0 Å². The van der Waals surface area contributed by atoms with Crippen molar-refractivity contribution in [3.63, 3.8) is 0 Å². The second-order valence-corrected chi connectivity index (χ2v) is 6.76. The minimum Gasteiger partial charge on any atom is -0.370 e. The first-order chi connectivity index (χ1) is 9.42. The lowest BCUT2D eigenvalue weighted by Gasteiger charge is -2.28. The Balaban J connectivity index is 2.22. The first-order valence-corrected chi connectivity index (χ1v) is 7.81. The third-order valence-electron chi connectivity index (χ3n) is 4.20. The molecule has 1 saturated carbocycles. The van der Waals surface area contributed by atoms with E-state index in [4.69, 9.17) is 0 Å². The maximum absolute atomic E-state index is 4.68. The van der Waals surface area contributed by atoms with Crippen molar-refractivity contribution in [3.8, 4) is 0 Å². The summed E-state index contributed by atoms with van der Waals surface area (Å²) in [7, 11) is 0. The molecule has 0 aliphatic heterocycles. The van der Waals surface area contributed by atoms with Crippen LogP contribution >= 0.6 is 0 Å². The molecule has 0 bridgehead atoms. The number of nitrogens with one attached hydrogen (secondary N) is 2. The molecule has 0 aromatic carbocycles. The van der Waals surface area contributed by atoms with Crippen molar-refractivity contribution in [2.75, 3.05) is 17.2 Å². The lowest BCUT2D eigenvalue weighted by atomic mass is 9.87. The molecule has 1 aliphatic rings. The van der Waals surface area contributed by atoms with Crippen LogP contribution in [-0.2, 0) is 0 Å². The Morgan fingerprint density at radius 1 is 1.30 bits per heavy atom. The molecular weight excluding hydrogens is 248 g/mol. The van der Waals surface area contributed by atoms with Gasteiger partial charge in [-0.15, -0.1) is 0 Å². The van der Waals surface area contributed by atoms with Crippen LogP contribution in [0.4, 0.5) is 11.6 Å². The van der Waals surface area contributed by atoms with Crippen LogP contribution in [0, 0.1) is 5.41 Å². The highest BCUT2D eigenvalue weighted by Gasteiger charge is 2.34. The van der Waals surface area contributed by atoms with Gasteiger partial charge in [-0.3, -0.25) is 0 Å². The summed E-state index contributed by atoms with van der Waals surface area (Å²) in [5.41, 5.74) is 0.349. The maximum Gasteiger partial charge on any atom is 0.135 e. The van der Waals surface area contributed by atoms with E-state index < -0.39 is 0 Å². The topological polar surface area (TPSA) is 49.8 Å². The zero-order valence-corrected chi connectivity index (χ0v) is 13.5. The van der Waals surface area contributed by atoms with E-state index >= 15 is 0 Å². The Morgan fingerprint density at radius 2 is 2.00 bits per heavy atom. The molecule has 1 atom stereocenters. The quantitative estimate of drug-likeness (QED) is 0.852. The summed E-state index contributed by atoms with van der Waals surface area (Å²) in [5, 5.41) is 6.93. The SMILES string of the molecule is CCNc1cc(NC2CCCC2(C)C)nc(C(C)C)n1. The molecule has 20 heavy (non-hydrogen) atoms. The third kappa shape index (κ3) is 3.41. The highest BCUT2D eigenvalue weighted by molar-refractivity contribution is 5.48. The first kappa shape index (κ1) is 15.1. The van der Waals surface area contributed by atoms with E-state index in [-0.39, 0.29) is 0 Å². The summed E-state index contributed by atoms with van der Waals surface area (Å²) >= 11 is 0. The van der Waals surface area contributed by atoms with Crippen LogP contribution in [0.15, 0.2) is 6.07 Å². The van der Waals surface area contributed by atoms with Crippen LogP contribution in [0.3, 0.4) is 0 Å². The molecular formula is C16H28N4. The van der Waals surface area contributed by atoms with Crippen LogP contribution in [0.5, 0.6) is 0 Å². The molecule has 4 nitrogen and oxygen atoms in total. The van der Waals surface area contributed by atoms with Crippen molar-refractivity contribution in [1.29, 1.82) is 0 Å². The molecule has 0 amide bonds. The van der Waals surface area contributed by atoms with Gasteiger partial charge in [0.25, 0.3) is 0 Å². The predicted molar refractivity (Wildman–Crippen MR) is 85.3 cm³/mol. The largest absolute Gasteiger partial charge is 0.370 e. The van der Waals surface area contributed by atoms with E-state index in [0.29, 0.717) is 17.4 Å². The standard InChI is InChI=1S/C16H28N4/c1-6-17-13-10-14(20-15(19-13)11(2)3)18-12-8-7-9-16(12,4)5/h10-12H,6-9H2,1-5H3,(H2,17,18,19,20). The molecule has 1 fully saturated rings. The smallest absolute Gasteiger partial charge is 0.135 e. The first-order valence-electron chi connectivity index (χ1n) is 7.81. The maximum atomic E-state index is 4.68. The number of anilines is 2. The molecule has 112 valence electrons. The predicted octanol–water partition coefficient (Wildman–Crippen LogP) is 4.02. The molecule has 4 heteroatoms. The molecule has 0 radical (unpaired) electrons. The Bertz CT molecular complexity index is 454. The van der Waals surface area contributed by atoms with E-state index in [2.05, 4.69) is 55.2 Å². The fourth-order valence-electron chi connectivity index (χ4n) is 2.84. The monoisotopic (exact) mass is 276 g/mol. The van der Waals surface area contributed by atoms with Crippen molar-refractivity contribution in [3.05, 3.63) is 11.9 Å². The molecule has 0 spiro atoms. The number of aromatic nitrogens is 2. The number of hydrogen-bond donors (Lipinski definition) is 2. The van der Waals surface area contributed by atoms with Crippen molar-refractivity contribution < 1.29 is 0 Å². The molecule has 1 heterocycles. The van der Waals surface area contributed by atoms with Gasteiger partial charge in [-0.25, -0.2) is 9.97 Å². The molecule has 1 aliphatic carbocycles. The van der Waals surface area contributed by atoms with Crippen LogP contribution < -0.4 is 10.6 Å². The van der Waals surface area contributed by atoms with Crippen LogP contribution in [-0.4, -0.2) is 22.6 Å². The van der Waals surface area contributed by atoms with Gasteiger partial charge in [-0.1, -0.05) is 34.1 Å². The Kier molecular flexibility index (Phi) is 4.51. The molecule has 1 aromatic heterocycles. The van der Waals surface area contributed by atoms with Gasteiger partial charge in [0.2, 0.25) is 0 Å². The fraction of sp³-hybridized carbons (Fsp3) is 0.750. The summed E-state index contributed by atoms with van der Waals surface area (Å²) < 4.78 is 0. The lowest BCUT2D eigenvalue weighted by Crippen LogP contribution is -2.31. The van der Waals surface area contributed by atoms with Gasteiger partial charge in [-0.2, -0.15) is 0 Å². The number of rotatable bonds is 5. The Hall–Kier alpha value is -1.32. The minimum atomic E-state index is 0.339. The Morgan fingerprint density at radius 3 is 2.55 bits per heavy atom. The van der Waals surface area contributed by atoms with E-state index in [9.17, 15) is 0 Å². The summed E-state index contributed by atoms with van der Waals surface area (Å²) in [6, 6.07) is 2.54. The average Bonchev–Trinajstić information content (AvgIpc) is 2.69. The normalized spacial score (nSPS) is 21.2. The molecule has 2 N–H and O–H groups in total. The van der Waals surface area contributed by atoms with Crippen molar-refractivity contribution >= 4 is 11.6 Å². The fourth-order valence-corrected chi connectivity index (χ4v) is 2.84. The van der Waals surface area contributed by atoms with Gasteiger partial charge in [0.1, 0.15) is 17.5 Å². The van der Waals surface area contributed by atoms with Gasteiger partial charge in [-0.05, 0) is 25.2 Å². The zero-order chi connectivity index (χ0) is 14.8. The van der Waals surface area contributed by atoms with Crippen molar-refractivity contribution in [2.45, 2.75) is 65.8 Å². The summed E-state index contributed by atoms with van der Waals surface area (Å²) in [4.78, 5) is 9.25. The molecule has 0 saturated heterocycles. The summed E-state index contributed by atoms with van der Waals surface area (Å²) in [6.07, 6.45) is 3.81. The highest BCUT2D eigenvalue weighted by atomic mass is 15.1. The van der Waals surface area contributed by atoms with E-state index in [0.717, 1.165) is 24.0 Å². The van der Waals surface area contributed by atoms with Crippen LogP contribution in [0.1, 0.15) is 65.6 Å².